The van der Waals surface area contributed by atoms with Gasteiger partial charge in [0.1, 0.15) is 11.5 Å². The van der Waals surface area contributed by atoms with E-state index in [0.29, 0.717) is 0 Å². The molecule has 19 heavy (non-hydrogen) atoms. The number of rotatable bonds is 5. The summed E-state index contributed by atoms with van der Waals surface area (Å²) in [7, 11) is 5.30. The molecule has 5 heteroatoms. The van der Waals surface area contributed by atoms with Crippen molar-refractivity contribution in [3.8, 4) is 11.5 Å². The van der Waals surface area contributed by atoms with Gasteiger partial charge in [0.05, 0.1) is 24.7 Å². The van der Waals surface area contributed by atoms with E-state index in [0.717, 1.165) is 16.0 Å². The molecule has 2 rings (SSSR count). The van der Waals surface area contributed by atoms with Crippen molar-refractivity contribution in [3.63, 3.8) is 0 Å². The van der Waals surface area contributed by atoms with Crippen LogP contribution >= 0.6 is 27.3 Å². The highest BCUT2D eigenvalue weighted by Gasteiger charge is 2.16. The smallest absolute Gasteiger partial charge is 0.133 e. The van der Waals surface area contributed by atoms with E-state index in [2.05, 4.69) is 39.4 Å². The van der Waals surface area contributed by atoms with E-state index < -0.39 is 0 Å². The molecular weight excluding hydrogens is 326 g/mol. The van der Waals surface area contributed by atoms with Crippen LogP contribution in [0, 0.1) is 0 Å². The summed E-state index contributed by atoms with van der Waals surface area (Å²) in [6.45, 7) is 0. The fourth-order valence-electron chi connectivity index (χ4n) is 1.93. The third-order valence-electron chi connectivity index (χ3n) is 2.91. The third kappa shape index (κ3) is 3.11. The van der Waals surface area contributed by atoms with Gasteiger partial charge in [-0.05, 0) is 46.7 Å². The van der Waals surface area contributed by atoms with E-state index in [1.54, 1.807) is 25.6 Å². The molecule has 102 valence electrons. The second-order valence-electron chi connectivity index (χ2n) is 4.00. The topological polar surface area (TPSA) is 30.5 Å². The second-order valence-corrected chi connectivity index (χ2v) is 5.80. The van der Waals surface area contributed by atoms with Crippen LogP contribution in [0.4, 0.5) is 0 Å². The normalized spacial score (nSPS) is 12.2. The van der Waals surface area contributed by atoms with Crippen molar-refractivity contribution < 1.29 is 9.47 Å². The summed E-state index contributed by atoms with van der Waals surface area (Å²) in [5.74, 6) is 1.73. The first kappa shape index (κ1) is 14.4. The number of hydrogen-bond donors (Lipinski definition) is 1. The summed E-state index contributed by atoms with van der Waals surface area (Å²) in [4.78, 5) is 1.22. The number of halogens is 1. The Morgan fingerprint density at radius 2 is 2.00 bits per heavy atom. The van der Waals surface area contributed by atoms with E-state index in [9.17, 15) is 0 Å². The molecule has 0 fully saturated rings. The Labute approximate surface area is 125 Å². The molecule has 0 radical (unpaired) electrons. The molecule has 1 heterocycles. The van der Waals surface area contributed by atoms with Crippen LogP contribution in [0.3, 0.4) is 0 Å². The lowest BCUT2D eigenvalue weighted by atomic mass is 10.1. The van der Waals surface area contributed by atoms with Crippen LogP contribution < -0.4 is 14.8 Å². The highest BCUT2D eigenvalue weighted by molar-refractivity contribution is 9.10. The Morgan fingerprint density at radius 3 is 2.53 bits per heavy atom. The standard InChI is InChI=1S/C14H16BrNO2S/c1-16-14(13-7-10(17-2)8-19-13)9-4-5-12(18-3)11(15)6-9/h4-8,14,16H,1-3H3. The average molecular weight is 342 g/mol. The maximum atomic E-state index is 5.26. The molecule has 0 saturated heterocycles. The predicted molar refractivity (Wildman–Crippen MR) is 82.5 cm³/mol. The van der Waals surface area contributed by atoms with Crippen molar-refractivity contribution in [3.05, 3.63) is 44.6 Å². The molecule has 1 aromatic carbocycles. The third-order valence-corrected chi connectivity index (χ3v) is 4.51. The Morgan fingerprint density at radius 1 is 1.21 bits per heavy atom. The van der Waals surface area contributed by atoms with Gasteiger partial charge in [-0.25, -0.2) is 0 Å². The van der Waals surface area contributed by atoms with Crippen LogP contribution in [-0.4, -0.2) is 21.3 Å². The number of ether oxygens (including phenoxy) is 2. The highest BCUT2D eigenvalue weighted by Crippen LogP contribution is 2.34. The summed E-state index contributed by atoms with van der Waals surface area (Å²) in [5.41, 5.74) is 1.18. The van der Waals surface area contributed by atoms with Crippen molar-refractivity contribution in [1.29, 1.82) is 0 Å². The number of nitrogens with one attached hydrogen (secondary N) is 1. The first-order valence-electron chi connectivity index (χ1n) is 5.82. The molecular formula is C14H16BrNO2S. The molecule has 0 saturated carbocycles. The number of benzene rings is 1. The molecule has 0 aliphatic carbocycles. The van der Waals surface area contributed by atoms with Gasteiger partial charge in [0.15, 0.2) is 0 Å². The Balaban J connectivity index is 2.33. The van der Waals surface area contributed by atoms with Gasteiger partial charge in [0.25, 0.3) is 0 Å². The SMILES string of the molecule is CNC(c1ccc(OC)c(Br)c1)c1cc(OC)cs1. The Bertz CT molecular complexity index is 556. The van der Waals surface area contributed by atoms with E-state index >= 15 is 0 Å². The maximum absolute atomic E-state index is 5.26. The second kappa shape index (κ2) is 6.41. The predicted octanol–water partition coefficient (Wildman–Crippen LogP) is 3.84. The first-order valence-corrected chi connectivity index (χ1v) is 7.50. The van der Waals surface area contributed by atoms with Gasteiger partial charge < -0.3 is 14.8 Å². The molecule has 3 nitrogen and oxygen atoms in total. The van der Waals surface area contributed by atoms with Crippen molar-refractivity contribution >= 4 is 27.3 Å². The van der Waals surface area contributed by atoms with Crippen molar-refractivity contribution in [2.24, 2.45) is 0 Å². The molecule has 2 aromatic rings. The molecule has 0 bridgehead atoms. The van der Waals surface area contributed by atoms with E-state index in [4.69, 9.17) is 9.47 Å². The zero-order valence-electron chi connectivity index (χ0n) is 11.1. The van der Waals surface area contributed by atoms with Gasteiger partial charge in [-0.3, -0.25) is 0 Å². The molecule has 0 aliphatic rings. The molecule has 0 spiro atoms. The number of thiophene rings is 1. The van der Waals surface area contributed by atoms with E-state index in [1.807, 2.05) is 18.5 Å². The van der Waals surface area contributed by atoms with Gasteiger partial charge in [-0.1, -0.05) is 6.07 Å². The Hall–Kier alpha value is -1.04. The molecule has 1 atom stereocenters. The quantitative estimate of drug-likeness (QED) is 0.896. The largest absolute Gasteiger partial charge is 0.496 e. The van der Waals surface area contributed by atoms with Crippen molar-refractivity contribution in [2.75, 3.05) is 21.3 Å². The first-order chi connectivity index (χ1) is 9.19. The lowest BCUT2D eigenvalue weighted by molar-refractivity contribution is 0.411. The lowest BCUT2D eigenvalue weighted by Gasteiger charge is -2.16. The maximum Gasteiger partial charge on any atom is 0.133 e. The van der Waals surface area contributed by atoms with E-state index in [1.165, 1.54) is 10.4 Å². The van der Waals surface area contributed by atoms with Crippen LogP contribution in [0.15, 0.2) is 34.1 Å². The molecule has 1 unspecified atom stereocenters. The lowest BCUT2D eigenvalue weighted by Crippen LogP contribution is -2.16. The number of hydrogen-bond acceptors (Lipinski definition) is 4. The molecule has 1 N–H and O–H groups in total. The molecule has 1 aromatic heterocycles. The fourth-order valence-corrected chi connectivity index (χ4v) is 3.48. The average Bonchev–Trinajstić information content (AvgIpc) is 2.88. The van der Waals surface area contributed by atoms with Crippen LogP contribution in [-0.2, 0) is 0 Å². The minimum atomic E-state index is 0.149. The number of methoxy groups -OCH3 is 2. The summed E-state index contributed by atoms with van der Waals surface area (Å²) >= 11 is 5.21. The zero-order chi connectivity index (χ0) is 13.8. The summed E-state index contributed by atoms with van der Waals surface area (Å²) in [6, 6.07) is 8.32. The molecule has 0 amide bonds. The van der Waals surface area contributed by atoms with Crippen LogP contribution in [0.5, 0.6) is 11.5 Å². The summed E-state index contributed by atoms with van der Waals surface area (Å²) in [5, 5.41) is 5.34. The molecule has 0 aliphatic heterocycles. The minimum Gasteiger partial charge on any atom is -0.496 e. The summed E-state index contributed by atoms with van der Waals surface area (Å²) in [6.07, 6.45) is 0. The van der Waals surface area contributed by atoms with Crippen LogP contribution in [0.25, 0.3) is 0 Å². The van der Waals surface area contributed by atoms with Crippen molar-refractivity contribution in [1.82, 2.24) is 5.32 Å². The van der Waals surface area contributed by atoms with Crippen LogP contribution in [0.2, 0.25) is 0 Å². The van der Waals surface area contributed by atoms with Gasteiger partial charge in [-0.2, -0.15) is 0 Å². The van der Waals surface area contributed by atoms with Gasteiger partial charge in [-0.15, -0.1) is 11.3 Å². The highest BCUT2D eigenvalue weighted by atomic mass is 79.9. The van der Waals surface area contributed by atoms with Crippen LogP contribution in [0.1, 0.15) is 16.5 Å². The van der Waals surface area contributed by atoms with E-state index in [-0.39, 0.29) is 6.04 Å². The fraction of sp³-hybridized carbons (Fsp3) is 0.286. The monoisotopic (exact) mass is 341 g/mol. The van der Waals surface area contributed by atoms with Gasteiger partial charge in [0.2, 0.25) is 0 Å². The van der Waals surface area contributed by atoms with Crippen molar-refractivity contribution in [2.45, 2.75) is 6.04 Å². The minimum absolute atomic E-state index is 0.149. The summed E-state index contributed by atoms with van der Waals surface area (Å²) < 4.78 is 11.4. The Kier molecular flexibility index (Phi) is 4.85. The van der Waals surface area contributed by atoms with Gasteiger partial charge in [0, 0.05) is 10.3 Å². The van der Waals surface area contributed by atoms with Gasteiger partial charge >= 0.3 is 0 Å². The zero-order valence-corrected chi connectivity index (χ0v) is 13.5.